The van der Waals surface area contributed by atoms with E-state index in [-0.39, 0.29) is 21.6 Å². The minimum absolute atomic E-state index is 0.0922. The normalized spacial score (nSPS) is 10.1. The van der Waals surface area contributed by atoms with Crippen molar-refractivity contribution in [1.29, 1.82) is 0 Å². The molecule has 0 unspecified atom stereocenters. The van der Waals surface area contributed by atoms with Gasteiger partial charge in [0.2, 0.25) is 5.91 Å². The quantitative estimate of drug-likeness (QED) is 0.767. The molecule has 0 spiro atoms. The first-order valence-electron chi connectivity index (χ1n) is 7.19. The van der Waals surface area contributed by atoms with E-state index < -0.39 is 5.91 Å². The maximum absolute atomic E-state index is 12.2. The molecule has 8 heteroatoms. The summed E-state index contributed by atoms with van der Waals surface area (Å²) in [6, 6.07) is 11.7. The van der Waals surface area contributed by atoms with Crippen LogP contribution in [0.1, 0.15) is 17.3 Å². The third-order valence-corrected chi connectivity index (χ3v) is 4.12. The standard InChI is InChI=1S/C17H15Cl2N3O2S/c1-10(23)22(2)13-5-3-4-12(9-13)20-17(25)21-16(24)14-7-6-11(18)8-15(14)19/h3-9H,1-2H3,(H2,20,21,24,25). The second-order valence-electron chi connectivity index (χ2n) is 5.16. The van der Waals surface area contributed by atoms with E-state index in [1.807, 2.05) is 0 Å². The van der Waals surface area contributed by atoms with Crippen molar-refractivity contribution in [3.63, 3.8) is 0 Å². The largest absolute Gasteiger partial charge is 0.332 e. The number of nitrogens with one attached hydrogen (secondary N) is 2. The number of hydrogen-bond donors (Lipinski definition) is 2. The number of amides is 2. The molecule has 0 aromatic heterocycles. The maximum Gasteiger partial charge on any atom is 0.258 e. The van der Waals surface area contributed by atoms with E-state index in [1.165, 1.54) is 24.0 Å². The van der Waals surface area contributed by atoms with Crippen molar-refractivity contribution in [3.8, 4) is 0 Å². The predicted octanol–water partition coefficient (Wildman–Crippen LogP) is 4.10. The van der Waals surface area contributed by atoms with Crippen LogP contribution in [0.2, 0.25) is 10.0 Å². The zero-order chi connectivity index (χ0) is 18.6. The van der Waals surface area contributed by atoms with Crippen LogP contribution in [0.25, 0.3) is 0 Å². The number of hydrogen-bond acceptors (Lipinski definition) is 3. The molecule has 2 aromatic carbocycles. The highest BCUT2D eigenvalue weighted by Gasteiger charge is 2.13. The van der Waals surface area contributed by atoms with Crippen molar-refractivity contribution in [1.82, 2.24) is 5.32 Å². The average Bonchev–Trinajstić information content (AvgIpc) is 2.53. The SMILES string of the molecule is CC(=O)N(C)c1cccc(NC(=S)NC(=O)c2ccc(Cl)cc2Cl)c1. The van der Waals surface area contributed by atoms with E-state index in [2.05, 4.69) is 10.6 Å². The van der Waals surface area contributed by atoms with E-state index in [0.29, 0.717) is 16.4 Å². The summed E-state index contributed by atoms with van der Waals surface area (Å²) in [5, 5.41) is 6.23. The highest BCUT2D eigenvalue weighted by atomic mass is 35.5. The molecular weight excluding hydrogens is 381 g/mol. The van der Waals surface area contributed by atoms with Gasteiger partial charge in [-0.1, -0.05) is 29.3 Å². The molecule has 0 bridgehead atoms. The van der Waals surface area contributed by atoms with Crippen molar-refractivity contribution in [3.05, 3.63) is 58.1 Å². The fraction of sp³-hybridized carbons (Fsp3) is 0.118. The van der Waals surface area contributed by atoms with Crippen molar-refractivity contribution in [2.24, 2.45) is 0 Å². The Morgan fingerprint density at radius 2 is 1.84 bits per heavy atom. The van der Waals surface area contributed by atoms with Gasteiger partial charge in [0, 0.05) is 30.4 Å². The number of rotatable bonds is 3. The minimum Gasteiger partial charge on any atom is -0.332 e. The summed E-state index contributed by atoms with van der Waals surface area (Å²) < 4.78 is 0. The summed E-state index contributed by atoms with van der Waals surface area (Å²) in [5.41, 5.74) is 1.60. The first kappa shape index (κ1) is 19.2. The molecule has 0 saturated heterocycles. The Kier molecular flexibility index (Phi) is 6.36. The van der Waals surface area contributed by atoms with Gasteiger partial charge in [0.05, 0.1) is 10.6 Å². The van der Waals surface area contributed by atoms with Gasteiger partial charge in [-0.3, -0.25) is 14.9 Å². The van der Waals surface area contributed by atoms with Crippen molar-refractivity contribution < 1.29 is 9.59 Å². The molecule has 2 aromatic rings. The van der Waals surface area contributed by atoms with E-state index in [4.69, 9.17) is 35.4 Å². The van der Waals surface area contributed by atoms with Crippen LogP contribution in [0.3, 0.4) is 0 Å². The van der Waals surface area contributed by atoms with Crippen LogP contribution in [0.4, 0.5) is 11.4 Å². The molecule has 0 heterocycles. The molecule has 0 radical (unpaired) electrons. The summed E-state index contributed by atoms with van der Waals surface area (Å²) in [6.07, 6.45) is 0. The number of benzene rings is 2. The van der Waals surface area contributed by atoms with E-state index >= 15 is 0 Å². The van der Waals surface area contributed by atoms with Crippen molar-refractivity contribution in [2.75, 3.05) is 17.3 Å². The second-order valence-corrected chi connectivity index (χ2v) is 6.41. The molecule has 2 amide bonds. The second kappa shape index (κ2) is 8.29. The monoisotopic (exact) mass is 395 g/mol. The Balaban J connectivity index is 2.06. The number of carbonyl (C=O) groups is 2. The number of carbonyl (C=O) groups excluding carboxylic acids is 2. The van der Waals surface area contributed by atoms with Gasteiger partial charge in [-0.2, -0.15) is 0 Å². The molecular formula is C17H15Cl2N3O2S. The maximum atomic E-state index is 12.2. The molecule has 0 saturated carbocycles. The molecule has 2 N–H and O–H groups in total. The fourth-order valence-corrected chi connectivity index (χ4v) is 2.69. The molecule has 0 aliphatic carbocycles. The lowest BCUT2D eigenvalue weighted by molar-refractivity contribution is -0.116. The van der Waals surface area contributed by atoms with E-state index in [1.54, 1.807) is 37.4 Å². The number of thiocarbonyl (C=S) groups is 1. The molecule has 0 aliphatic rings. The van der Waals surface area contributed by atoms with Crippen LogP contribution in [0, 0.1) is 0 Å². The zero-order valence-electron chi connectivity index (χ0n) is 13.5. The highest BCUT2D eigenvalue weighted by Crippen LogP contribution is 2.21. The molecule has 0 aliphatic heterocycles. The molecule has 0 atom stereocenters. The van der Waals surface area contributed by atoms with Gasteiger partial charge in [-0.25, -0.2) is 0 Å². The van der Waals surface area contributed by atoms with Gasteiger partial charge in [0.25, 0.3) is 5.91 Å². The summed E-state index contributed by atoms with van der Waals surface area (Å²) in [7, 11) is 1.67. The van der Waals surface area contributed by atoms with Crippen LogP contribution in [-0.2, 0) is 4.79 Å². The lowest BCUT2D eigenvalue weighted by Gasteiger charge is -2.17. The van der Waals surface area contributed by atoms with Crippen LogP contribution in [0.5, 0.6) is 0 Å². The van der Waals surface area contributed by atoms with Crippen LogP contribution in [0.15, 0.2) is 42.5 Å². The Morgan fingerprint density at radius 1 is 1.12 bits per heavy atom. The lowest BCUT2D eigenvalue weighted by Crippen LogP contribution is -2.34. The molecule has 5 nitrogen and oxygen atoms in total. The number of anilines is 2. The lowest BCUT2D eigenvalue weighted by atomic mass is 10.2. The first-order valence-corrected chi connectivity index (χ1v) is 8.36. The number of halogens is 2. The van der Waals surface area contributed by atoms with Crippen molar-refractivity contribution in [2.45, 2.75) is 6.92 Å². The van der Waals surface area contributed by atoms with Gasteiger partial charge in [-0.05, 0) is 48.6 Å². The van der Waals surface area contributed by atoms with Crippen LogP contribution in [-0.4, -0.2) is 24.0 Å². The van der Waals surface area contributed by atoms with Crippen LogP contribution < -0.4 is 15.5 Å². The van der Waals surface area contributed by atoms with Gasteiger partial charge in [0.1, 0.15) is 0 Å². The Hall–Kier alpha value is -2.15. The summed E-state index contributed by atoms with van der Waals surface area (Å²) in [6.45, 7) is 1.47. The third-order valence-electron chi connectivity index (χ3n) is 3.37. The molecule has 2 rings (SSSR count). The summed E-state index contributed by atoms with van der Waals surface area (Å²) >= 11 is 17.0. The van der Waals surface area contributed by atoms with Gasteiger partial charge in [-0.15, -0.1) is 0 Å². The van der Waals surface area contributed by atoms with E-state index in [0.717, 1.165) is 0 Å². The summed E-state index contributed by atoms with van der Waals surface area (Å²) in [4.78, 5) is 25.2. The van der Waals surface area contributed by atoms with Gasteiger partial charge >= 0.3 is 0 Å². The van der Waals surface area contributed by atoms with E-state index in [9.17, 15) is 9.59 Å². The predicted molar refractivity (Wildman–Crippen MR) is 106 cm³/mol. The topological polar surface area (TPSA) is 61.4 Å². The smallest absolute Gasteiger partial charge is 0.258 e. The molecule has 25 heavy (non-hydrogen) atoms. The third kappa shape index (κ3) is 5.16. The number of nitrogens with zero attached hydrogens (tertiary/aromatic N) is 1. The Labute approximate surface area is 160 Å². The summed E-state index contributed by atoms with van der Waals surface area (Å²) in [5.74, 6) is -0.540. The van der Waals surface area contributed by atoms with Gasteiger partial charge in [0.15, 0.2) is 5.11 Å². The van der Waals surface area contributed by atoms with Crippen molar-refractivity contribution >= 4 is 63.7 Å². The average molecular weight is 396 g/mol. The fourth-order valence-electron chi connectivity index (χ4n) is 1.98. The Morgan fingerprint density at radius 3 is 2.48 bits per heavy atom. The van der Waals surface area contributed by atoms with Gasteiger partial charge < -0.3 is 10.2 Å². The zero-order valence-corrected chi connectivity index (χ0v) is 15.8. The van der Waals surface area contributed by atoms with Crippen LogP contribution >= 0.6 is 35.4 Å². The molecule has 0 fully saturated rings. The Bertz CT molecular complexity index is 842. The molecule has 130 valence electrons. The highest BCUT2D eigenvalue weighted by molar-refractivity contribution is 7.80. The minimum atomic E-state index is -0.448. The first-order chi connectivity index (χ1) is 11.8.